The summed E-state index contributed by atoms with van der Waals surface area (Å²) in [7, 11) is 0. The number of benzene rings is 1. The molecule has 35 heavy (non-hydrogen) atoms. The summed E-state index contributed by atoms with van der Waals surface area (Å²) in [6, 6.07) is 1.73. The molecule has 5 rings (SSSR count). The summed E-state index contributed by atoms with van der Waals surface area (Å²) in [4.78, 5) is 24.8. The molecule has 13 heteroatoms. The zero-order chi connectivity index (χ0) is 25.3. The summed E-state index contributed by atoms with van der Waals surface area (Å²) in [5.41, 5.74) is -3.10. The van der Waals surface area contributed by atoms with E-state index in [0.717, 1.165) is 30.9 Å². The van der Waals surface area contributed by atoms with Gasteiger partial charge in [-0.15, -0.1) is 0 Å². The summed E-state index contributed by atoms with van der Waals surface area (Å²) >= 11 is 0. The predicted molar refractivity (Wildman–Crippen MR) is 108 cm³/mol. The highest BCUT2D eigenvalue weighted by Crippen LogP contribution is 2.40. The molecule has 1 aliphatic heterocycles. The van der Waals surface area contributed by atoms with Crippen molar-refractivity contribution in [2.45, 2.75) is 38.1 Å². The van der Waals surface area contributed by atoms with Crippen LogP contribution in [0.1, 0.15) is 59.2 Å². The number of alkyl halides is 3. The van der Waals surface area contributed by atoms with Crippen LogP contribution in [0.15, 0.2) is 33.4 Å². The Kier molecular flexibility index (Phi) is 5.02. The van der Waals surface area contributed by atoms with E-state index in [1.54, 1.807) is 0 Å². The molecule has 184 valence electrons. The first-order chi connectivity index (χ1) is 16.4. The van der Waals surface area contributed by atoms with Gasteiger partial charge in [0, 0.05) is 18.7 Å². The lowest BCUT2D eigenvalue weighted by atomic mass is 9.99. The zero-order valence-electron chi connectivity index (χ0n) is 18.2. The number of aromatic amines is 1. The molecule has 0 aliphatic carbocycles. The second kappa shape index (κ2) is 7.63. The number of nitrogens with one attached hydrogen (secondary N) is 1. The predicted octanol–water partition coefficient (Wildman–Crippen LogP) is 4.46. The van der Waals surface area contributed by atoms with E-state index >= 15 is 0 Å². The van der Waals surface area contributed by atoms with E-state index in [-0.39, 0.29) is 29.8 Å². The van der Waals surface area contributed by atoms with Crippen LogP contribution in [0.5, 0.6) is 0 Å². The van der Waals surface area contributed by atoms with Gasteiger partial charge in [0.15, 0.2) is 17.1 Å². The number of amides is 1. The molecule has 0 unspecified atom stereocenters. The van der Waals surface area contributed by atoms with Crippen molar-refractivity contribution in [3.63, 3.8) is 0 Å². The summed E-state index contributed by atoms with van der Waals surface area (Å²) < 4.78 is 80.4. The van der Waals surface area contributed by atoms with Gasteiger partial charge in [0.1, 0.15) is 23.2 Å². The number of rotatable bonds is 3. The van der Waals surface area contributed by atoms with Crippen molar-refractivity contribution >= 4 is 16.9 Å². The van der Waals surface area contributed by atoms with E-state index in [1.165, 1.54) is 12.4 Å². The van der Waals surface area contributed by atoms with Gasteiger partial charge in [0.05, 0.1) is 17.4 Å². The van der Waals surface area contributed by atoms with E-state index < -0.39 is 58.3 Å². The van der Waals surface area contributed by atoms with Crippen molar-refractivity contribution in [1.29, 1.82) is 0 Å². The summed E-state index contributed by atoms with van der Waals surface area (Å²) in [5.74, 6) is -4.78. The van der Waals surface area contributed by atoms with Crippen molar-refractivity contribution in [3.8, 4) is 0 Å². The van der Waals surface area contributed by atoms with E-state index in [9.17, 15) is 31.9 Å². The lowest BCUT2D eigenvalue weighted by Gasteiger charge is -2.33. The lowest BCUT2D eigenvalue weighted by molar-refractivity contribution is -0.141. The fraction of sp³-hybridized carbons (Fsp3) is 0.318. The van der Waals surface area contributed by atoms with Crippen molar-refractivity contribution in [1.82, 2.24) is 19.9 Å². The third-order valence-electron chi connectivity index (χ3n) is 5.67. The minimum absolute atomic E-state index is 0.101. The van der Waals surface area contributed by atoms with Gasteiger partial charge in [-0.25, -0.2) is 18.7 Å². The van der Waals surface area contributed by atoms with Gasteiger partial charge in [0.2, 0.25) is 11.7 Å². The number of fused-ring (bicyclic) bond motifs is 2. The molecule has 8 nitrogen and oxygen atoms in total. The number of nitrogens with zero attached hydrogens (tertiary/aromatic N) is 3. The molecule has 1 aromatic carbocycles. The second-order valence-corrected chi connectivity index (χ2v) is 8.59. The van der Waals surface area contributed by atoms with Gasteiger partial charge >= 0.3 is 6.18 Å². The molecule has 1 aliphatic rings. The van der Waals surface area contributed by atoms with Crippen LogP contribution in [0.3, 0.4) is 0 Å². The van der Waals surface area contributed by atoms with Crippen LogP contribution in [-0.2, 0) is 18.2 Å². The molecule has 0 spiro atoms. The number of carbonyl (C=O) groups excluding carboxylic acids is 1. The Balaban J connectivity index is 1.66. The van der Waals surface area contributed by atoms with Gasteiger partial charge in [-0.1, -0.05) is 0 Å². The lowest BCUT2D eigenvalue weighted by Crippen LogP contribution is -2.41. The van der Waals surface area contributed by atoms with Crippen LogP contribution >= 0.6 is 0 Å². The molecular formula is C22H17F5N4O4. The highest BCUT2D eigenvalue weighted by molar-refractivity contribution is 5.93. The standard InChI is InChI=1S/C22H17F5N4O4/c1-21(2,33)20-30-18(22(25,26)27)17(35-20)19(32)31-6-5-12-14(29-8-28-12)15(31)13-7-9-10(23)3-4-11(24)16(9)34-13/h3-4,7-8,15,33H,5-6H2,1-2H3,(H,28,29)/t15-/m1/s1. The van der Waals surface area contributed by atoms with Gasteiger partial charge in [0.25, 0.3) is 5.91 Å². The molecule has 0 fully saturated rings. The molecule has 2 N–H and O–H groups in total. The van der Waals surface area contributed by atoms with Crippen LogP contribution in [0, 0.1) is 11.6 Å². The van der Waals surface area contributed by atoms with Crippen LogP contribution in [0.25, 0.3) is 11.0 Å². The van der Waals surface area contributed by atoms with Gasteiger partial charge in [-0.3, -0.25) is 4.79 Å². The molecule has 0 radical (unpaired) electrons. The summed E-state index contributed by atoms with van der Waals surface area (Å²) in [5, 5.41) is 9.90. The molecule has 0 saturated heterocycles. The maximum absolute atomic E-state index is 14.3. The Bertz CT molecular complexity index is 1410. The Morgan fingerprint density at radius 1 is 1.20 bits per heavy atom. The van der Waals surface area contributed by atoms with Crippen LogP contribution in [-0.4, -0.2) is 37.4 Å². The Morgan fingerprint density at radius 2 is 1.91 bits per heavy atom. The van der Waals surface area contributed by atoms with E-state index in [2.05, 4.69) is 15.0 Å². The van der Waals surface area contributed by atoms with Crippen molar-refractivity contribution in [2.75, 3.05) is 6.54 Å². The van der Waals surface area contributed by atoms with E-state index in [0.29, 0.717) is 5.69 Å². The number of hydrogen-bond donors (Lipinski definition) is 2. The topological polar surface area (TPSA) is 108 Å². The van der Waals surface area contributed by atoms with Crippen molar-refractivity contribution in [2.24, 2.45) is 0 Å². The number of aromatic nitrogens is 3. The third-order valence-corrected chi connectivity index (χ3v) is 5.67. The maximum atomic E-state index is 14.3. The first-order valence-electron chi connectivity index (χ1n) is 10.4. The highest BCUT2D eigenvalue weighted by Gasteiger charge is 2.46. The Hall–Kier alpha value is -3.74. The van der Waals surface area contributed by atoms with Crippen LogP contribution in [0.2, 0.25) is 0 Å². The third kappa shape index (κ3) is 3.75. The second-order valence-electron chi connectivity index (χ2n) is 8.59. The smallest absolute Gasteiger partial charge is 0.437 e. The van der Waals surface area contributed by atoms with Gasteiger partial charge in [-0.05, 0) is 32.0 Å². The number of H-pyrrole nitrogens is 1. The fourth-order valence-corrected chi connectivity index (χ4v) is 4.04. The molecule has 1 atom stereocenters. The number of aliphatic hydroxyl groups is 1. The summed E-state index contributed by atoms with van der Waals surface area (Å²) in [6.45, 7) is 2.21. The van der Waals surface area contributed by atoms with Gasteiger partial charge < -0.3 is 23.8 Å². The maximum Gasteiger partial charge on any atom is 0.437 e. The minimum Gasteiger partial charge on any atom is -0.455 e. The number of carbonyl (C=O) groups is 1. The largest absolute Gasteiger partial charge is 0.455 e. The minimum atomic E-state index is -5.06. The van der Waals surface area contributed by atoms with Gasteiger partial charge in [-0.2, -0.15) is 13.2 Å². The quantitative estimate of drug-likeness (QED) is 0.406. The number of imidazole rings is 1. The SMILES string of the molecule is CC(C)(O)c1nc(C(F)(F)F)c(C(=O)N2CCc3[nH]cnc3[C@H]2c2cc3c(F)ccc(F)c3o2)o1. The number of hydrogen-bond acceptors (Lipinski definition) is 6. The zero-order valence-corrected chi connectivity index (χ0v) is 18.2. The first-order valence-corrected chi connectivity index (χ1v) is 10.4. The molecule has 1 amide bonds. The summed E-state index contributed by atoms with van der Waals surface area (Å²) in [6.07, 6.45) is -3.53. The molecule has 4 aromatic rings. The molecule has 0 saturated carbocycles. The van der Waals surface area contributed by atoms with Crippen LogP contribution < -0.4 is 0 Å². The fourth-order valence-electron chi connectivity index (χ4n) is 4.04. The molecule has 4 heterocycles. The van der Waals surface area contributed by atoms with E-state index in [4.69, 9.17) is 8.83 Å². The molecule has 3 aromatic heterocycles. The number of furan rings is 1. The first kappa shape index (κ1) is 23.0. The van der Waals surface area contributed by atoms with Crippen molar-refractivity contribution in [3.05, 3.63) is 70.7 Å². The Labute approximate surface area is 193 Å². The molecule has 0 bridgehead atoms. The van der Waals surface area contributed by atoms with Crippen molar-refractivity contribution < 1.29 is 40.7 Å². The average molecular weight is 496 g/mol. The average Bonchev–Trinajstić information content (AvgIpc) is 3.51. The normalized spacial score (nSPS) is 16.7. The van der Waals surface area contributed by atoms with Crippen LogP contribution in [0.4, 0.5) is 22.0 Å². The molecular weight excluding hydrogens is 479 g/mol. The number of halogens is 5. The number of oxazole rings is 1. The monoisotopic (exact) mass is 496 g/mol. The Morgan fingerprint density at radius 3 is 2.57 bits per heavy atom. The highest BCUT2D eigenvalue weighted by atomic mass is 19.4. The van der Waals surface area contributed by atoms with E-state index in [1.807, 2.05) is 0 Å².